The first-order valence-corrected chi connectivity index (χ1v) is 6.16. The minimum atomic E-state index is -0.783. The largest absolute Gasteiger partial charge is 0.492 e. The average molecular weight is 251 g/mol. The number of benzene rings is 1. The van der Waals surface area contributed by atoms with Gasteiger partial charge in [0.05, 0.1) is 5.92 Å². The minimum absolute atomic E-state index is 0.0661. The van der Waals surface area contributed by atoms with Crippen molar-refractivity contribution in [1.29, 1.82) is 0 Å². The second-order valence-electron chi connectivity index (χ2n) is 4.53. The fourth-order valence-electron chi connectivity index (χ4n) is 1.55. The van der Waals surface area contributed by atoms with Crippen molar-refractivity contribution in [1.82, 2.24) is 5.32 Å². The number of ether oxygens (including phenoxy) is 1. The normalized spacial score (nSPS) is 13.9. The number of carboxylic acid groups (broad SMARTS) is 1. The van der Waals surface area contributed by atoms with Gasteiger partial charge in [-0.1, -0.05) is 19.1 Å². The van der Waals surface area contributed by atoms with Crippen LogP contribution in [0.4, 0.5) is 0 Å². The van der Waals surface area contributed by atoms with Gasteiger partial charge < -0.3 is 15.2 Å². The number of nitrogens with one attached hydrogen (secondary N) is 1. The van der Waals surface area contributed by atoms with Crippen molar-refractivity contribution in [3.8, 4) is 5.75 Å². The summed E-state index contributed by atoms with van der Waals surface area (Å²) in [6.07, 6.45) is 0. The molecule has 0 aliphatic carbocycles. The van der Waals surface area contributed by atoms with Crippen LogP contribution in [0, 0.1) is 12.8 Å². The van der Waals surface area contributed by atoms with Crippen LogP contribution in [0.2, 0.25) is 0 Å². The molecule has 4 nitrogen and oxygen atoms in total. The Kier molecular flexibility index (Phi) is 5.65. The molecule has 0 saturated carbocycles. The second-order valence-corrected chi connectivity index (χ2v) is 4.53. The monoisotopic (exact) mass is 251 g/mol. The average Bonchev–Trinajstić information content (AvgIpc) is 2.33. The molecule has 100 valence electrons. The third kappa shape index (κ3) is 4.75. The van der Waals surface area contributed by atoms with Crippen molar-refractivity contribution in [2.45, 2.75) is 26.8 Å². The Morgan fingerprint density at radius 3 is 2.78 bits per heavy atom. The molecule has 0 amide bonds. The van der Waals surface area contributed by atoms with Gasteiger partial charge in [-0.2, -0.15) is 0 Å². The summed E-state index contributed by atoms with van der Waals surface area (Å²) in [5.74, 6) is -0.339. The summed E-state index contributed by atoms with van der Waals surface area (Å²) >= 11 is 0. The molecule has 0 aliphatic rings. The summed E-state index contributed by atoms with van der Waals surface area (Å²) in [5.41, 5.74) is 1.16. The predicted octanol–water partition coefficient (Wildman–Crippen LogP) is 2.07. The van der Waals surface area contributed by atoms with Crippen LogP contribution in [0.3, 0.4) is 0 Å². The van der Waals surface area contributed by atoms with Crippen molar-refractivity contribution < 1.29 is 14.6 Å². The van der Waals surface area contributed by atoms with Crippen molar-refractivity contribution in [3.63, 3.8) is 0 Å². The van der Waals surface area contributed by atoms with E-state index in [9.17, 15) is 4.79 Å². The molecule has 1 rings (SSSR count). The highest BCUT2D eigenvalue weighted by molar-refractivity contribution is 5.70. The lowest BCUT2D eigenvalue weighted by atomic mass is 10.0. The molecule has 0 unspecified atom stereocenters. The van der Waals surface area contributed by atoms with Crippen LogP contribution < -0.4 is 10.1 Å². The van der Waals surface area contributed by atoms with E-state index in [-0.39, 0.29) is 6.04 Å². The lowest BCUT2D eigenvalue weighted by Crippen LogP contribution is -2.38. The van der Waals surface area contributed by atoms with Gasteiger partial charge in [-0.3, -0.25) is 4.79 Å². The molecule has 0 heterocycles. The van der Waals surface area contributed by atoms with Gasteiger partial charge in [-0.05, 0) is 31.5 Å². The maximum Gasteiger partial charge on any atom is 0.307 e. The van der Waals surface area contributed by atoms with Crippen LogP contribution >= 0.6 is 0 Å². The molecule has 0 saturated heterocycles. The second kappa shape index (κ2) is 7.01. The summed E-state index contributed by atoms with van der Waals surface area (Å²) < 4.78 is 5.57. The number of carboxylic acids is 1. The third-order valence-corrected chi connectivity index (χ3v) is 2.97. The Morgan fingerprint density at radius 1 is 1.44 bits per heavy atom. The van der Waals surface area contributed by atoms with E-state index < -0.39 is 11.9 Å². The zero-order valence-electron chi connectivity index (χ0n) is 11.1. The van der Waals surface area contributed by atoms with Crippen LogP contribution in [0.15, 0.2) is 24.3 Å². The lowest BCUT2D eigenvalue weighted by molar-refractivity contribution is -0.141. The van der Waals surface area contributed by atoms with E-state index in [2.05, 4.69) is 5.32 Å². The Bertz CT molecular complexity index is 392. The molecule has 2 N–H and O–H groups in total. The Morgan fingerprint density at radius 2 is 2.17 bits per heavy atom. The van der Waals surface area contributed by atoms with E-state index in [1.807, 2.05) is 38.1 Å². The number of aliphatic carboxylic acids is 1. The van der Waals surface area contributed by atoms with E-state index >= 15 is 0 Å². The maximum absolute atomic E-state index is 10.8. The van der Waals surface area contributed by atoms with Crippen molar-refractivity contribution in [3.05, 3.63) is 29.8 Å². The van der Waals surface area contributed by atoms with Gasteiger partial charge in [-0.25, -0.2) is 0 Å². The molecular formula is C14H21NO3. The highest BCUT2D eigenvalue weighted by Crippen LogP contribution is 2.11. The number of carbonyl (C=O) groups is 1. The summed E-state index contributed by atoms with van der Waals surface area (Å²) in [4.78, 5) is 10.8. The highest BCUT2D eigenvalue weighted by Gasteiger charge is 2.18. The van der Waals surface area contributed by atoms with E-state index in [1.54, 1.807) is 6.92 Å². The fraction of sp³-hybridized carbons (Fsp3) is 0.500. The zero-order chi connectivity index (χ0) is 13.5. The third-order valence-electron chi connectivity index (χ3n) is 2.97. The first-order valence-electron chi connectivity index (χ1n) is 6.16. The van der Waals surface area contributed by atoms with Crippen molar-refractivity contribution in [2.24, 2.45) is 5.92 Å². The molecule has 0 aliphatic heterocycles. The Labute approximate surface area is 108 Å². The minimum Gasteiger partial charge on any atom is -0.492 e. The highest BCUT2D eigenvalue weighted by atomic mass is 16.5. The van der Waals surface area contributed by atoms with Gasteiger partial charge in [0.1, 0.15) is 12.4 Å². The number of aryl methyl sites for hydroxylation is 1. The van der Waals surface area contributed by atoms with Crippen LogP contribution in [0.5, 0.6) is 5.75 Å². The van der Waals surface area contributed by atoms with Gasteiger partial charge >= 0.3 is 5.97 Å². The molecule has 1 aromatic carbocycles. The van der Waals surface area contributed by atoms with E-state index in [4.69, 9.17) is 9.84 Å². The molecule has 0 fully saturated rings. The molecule has 0 bridgehead atoms. The number of hydrogen-bond acceptors (Lipinski definition) is 3. The maximum atomic E-state index is 10.8. The topological polar surface area (TPSA) is 58.6 Å². The molecule has 18 heavy (non-hydrogen) atoms. The molecular weight excluding hydrogens is 230 g/mol. The number of hydrogen-bond donors (Lipinski definition) is 2. The van der Waals surface area contributed by atoms with Gasteiger partial charge in [0, 0.05) is 12.6 Å². The van der Waals surface area contributed by atoms with Crippen molar-refractivity contribution >= 4 is 5.97 Å². The fourth-order valence-corrected chi connectivity index (χ4v) is 1.55. The van der Waals surface area contributed by atoms with Gasteiger partial charge in [-0.15, -0.1) is 0 Å². The summed E-state index contributed by atoms with van der Waals surface area (Å²) in [5, 5.41) is 12.0. The Balaban J connectivity index is 2.25. The van der Waals surface area contributed by atoms with Crippen LogP contribution in [0.25, 0.3) is 0 Å². The van der Waals surface area contributed by atoms with E-state index in [0.29, 0.717) is 13.2 Å². The number of rotatable bonds is 7. The predicted molar refractivity (Wildman–Crippen MR) is 70.9 cm³/mol. The standard InChI is InChI=1S/C14H21NO3/c1-10-5-4-6-13(9-10)18-8-7-15-12(3)11(2)14(16)17/h4-6,9,11-12,15H,7-8H2,1-3H3,(H,16,17)/t11-,12-/m0/s1. The lowest BCUT2D eigenvalue weighted by Gasteiger charge is -2.17. The van der Waals surface area contributed by atoms with Gasteiger partial charge in [0.15, 0.2) is 0 Å². The molecule has 0 aromatic heterocycles. The molecule has 4 heteroatoms. The smallest absolute Gasteiger partial charge is 0.307 e. The summed E-state index contributed by atoms with van der Waals surface area (Å²) in [7, 11) is 0. The first-order chi connectivity index (χ1) is 8.50. The van der Waals surface area contributed by atoms with Gasteiger partial charge in [0.25, 0.3) is 0 Å². The van der Waals surface area contributed by atoms with E-state index in [0.717, 1.165) is 11.3 Å². The van der Waals surface area contributed by atoms with Crippen LogP contribution in [0.1, 0.15) is 19.4 Å². The molecule has 0 radical (unpaired) electrons. The van der Waals surface area contributed by atoms with Crippen LogP contribution in [-0.4, -0.2) is 30.3 Å². The quantitative estimate of drug-likeness (QED) is 0.728. The molecule has 2 atom stereocenters. The first kappa shape index (κ1) is 14.5. The van der Waals surface area contributed by atoms with Crippen molar-refractivity contribution in [2.75, 3.05) is 13.2 Å². The van der Waals surface area contributed by atoms with Crippen LogP contribution in [-0.2, 0) is 4.79 Å². The van der Waals surface area contributed by atoms with E-state index in [1.165, 1.54) is 0 Å². The zero-order valence-corrected chi connectivity index (χ0v) is 11.1. The van der Waals surface area contributed by atoms with Gasteiger partial charge in [0.2, 0.25) is 0 Å². The summed E-state index contributed by atoms with van der Waals surface area (Å²) in [6, 6.07) is 7.79. The molecule has 0 spiro atoms. The molecule has 1 aromatic rings. The Hall–Kier alpha value is -1.55. The summed E-state index contributed by atoms with van der Waals surface area (Å²) in [6.45, 7) is 6.74. The SMILES string of the molecule is Cc1cccc(OCCN[C@@H](C)[C@H](C)C(=O)O)c1.